The molecule has 1 aromatic rings. The molecule has 3 atom stereocenters. The van der Waals surface area contributed by atoms with Crippen LogP contribution in [0.4, 0.5) is 0 Å². The SMILES string of the molecule is C[C@@H](C#N)C[C@H](NC(=O)CCC(=O)N[C@H](C)c1ccccc1)C(N)=O. The first kappa shape index (κ1) is 20.2. The molecule has 0 aliphatic carbocycles. The first-order valence-electron chi connectivity index (χ1n) is 8.16. The number of nitrogens with two attached hydrogens (primary N) is 1. The van der Waals surface area contributed by atoms with Crippen LogP contribution in [0.25, 0.3) is 0 Å². The summed E-state index contributed by atoms with van der Waals surface area (Å²) in [6.07, 6.45) is 0.0924. The Labute approximate surface area is 147 Å². The van der Waals surface area contributed by atoms with Gasteiger partial charge in [0.1, 0.15) is 6.04 Å². The van der Waals surface area contributed by atoms with Crippen LogP contribution in [0.1, 0.15) is 44.7 Å². The lowest BCUT2D eigenvalue weighted by molar-refractivity contribution is -0.129. The maximum absolute atomic E-state index is 11.9. The lowest BCUT2D eigenvalue weighted by Gasteiger charge is -2.17. The molecular formula is C18H24N4O3. The van der Waals surface area contributed by atoms with Crippen LogP contribution in [0, 0.1) is 17.2 Å². The molecule has 1 rings (SSSR count). The van der Waals surface area contributed by atoms with Crippen molar-refractivity contribution < 1.29 is 14.4 Å². The Balaban J connectivity index is 2.43. The van der Waals surface area contributed by atoms with Gasteiger partial charge in [-0.3, -0.25) is 14.4 Å². The quantitative estimate of drug-likeness (QED) is 0.621. The lowest BCUT2D eigenvalue weighted by Crippen LogP contribution is -2.45. The zero-order chi connectivity index (χ0) is 18.8. The second-order valence-corrected chi connectivity index (χ2v) is 5.99. The van der Waals surface area contributed by atoms with Gasteiger partial charge < -0.3 is 16.4 Å². The molecule has 7 heteroatoms. The summed E-state index contributed by atoms with van der Waals surface area (Å²) < 4.78 is 0. The van der Waals surface area contributed by atoms with Crippen molar-refractivity contribution in [2.45, 2.75) is 45.2 Å². The largest absolute Gasteiger partial charge is 0.368 e. The fourth-order valence-electron chi connectivity index (χ4n) is 2.28. The molecule has 0 unspecified atom stereocenters. The molecular weight excluding hydrogens is 320 g/mol. The van der Waals surface area contributed by atoms with Crippen molar-refractivity contribution in [2.75, 3.05) is 0 Å². The molecule has 0 saturated heterocycles. The maximum Gasteiger partial charge on any atom is 0.240 e. The first-order valence-corrected chi connectivity index (χ1v) is 8.16. The second-order valence-electron chi connectivity index (χ2n) is 5.99. The summed E-state index contributed by atoms with van der Waals surface area (Å²) >= 11 is 0. The van der Waals surface area contributed by atoms with Crippen molar-refractivity contribution in [1.82, 2.24) is 10.6 Å². The van der Waals surface area contributed by atoms with Gasteiger partial charge in [0.05, 0.1) is 12.1 Å². The van der Waals surface area contributed by atoms with E-state index in [1.165, 1.54) is 0 Å². The molecule has 3 amide bonds. The molecule has 0 spiro atoms. The van der Waals surface area contributed by atoms with Crippen LogP contribution in [-0.4, -0.2) is 23.8 Å². The van der Waals surface area contributed by atoms with Gasteiger partial charge in [0.15, 0.2) is 0 Å². The van der Waals surface area contributed by atoms with E-state index in [1.807, 2.05) is 43.3 Å². The van der Waals surface area contributed by atoms with Crippen molar-refractivity contribution in [1.29, 1.82) is 5.26 Å². The van der Waals surface area contributed by atoms with Crippen LogP contribution >= 0.6 is 0 Å². The van der Waals surface area contributed by atoms with Gasteiger partial charge in [0.25, 0.3) is 0 Å². The highest BCUT2D eigenvalue weighted by molar-refractivity contribution is 5.88. The minimum atomic E-state index is -0.909. The van der Waals surface area contributed by atoms with E-state index in [9.17, 15) is 14.4 Å². The summed E-state index contributed by atoms with van der Waals surface area (Å²) in [7, 11) is 0. The smallest absolute Gasteiger partial charge is 0.240 e. The monoisotopic (exact) mass is 344 g/mol. The molecule has 0 heterocycles. The highest BCUT2D eigenvalue weighted by Crippen LogP contribution is 2.11. The summed E-state index contributed by atoms with van der Waals surface area (Å²) in [4.78, 5) is 35.2. The Morgan fingerprint density at radius 2 is 1.64 bits per heavy atom. The molecule has 4 N–H and O–H groups in total. The fourth-order valence-corrected chi connectivity index (χ4v) is 2.28. The minimum absolute atomic E-state index is 0.00227. The number of nitrogens with zero attached hydrogens (tertiary/aromatic N) is 1. The van der Waals surface area contributed by atoms with Crippen LogP contribution in [0.3, 0.4) is 0 Å². The fraction of sp³-hybridized carbons (Fsp3) is 0.444. The Hall–Kier alpha value is -2.88. The average molecular weight is 344 g/mol. The zero-order valence-electron chi connectivity index (χ0n) is 14.5. The summed E-state index contributed by atoms with van der Waals surface area (Å²) in [6.45, 7) is 3.50. The predicted molar refractivity (Wildman–Crippen MR) is 92.8 cm³/mol. The molecule has 0 aromatic heterocycles. The average Bonchev–Trinajstić information content (AvgIpc) is 2.59. The number of carbonyl (C=O) groups excluding carboxylic acids is 3. The summed E-state index contributed by atoms with van der Waals surface area (Å²) in [5.41, 5.74) is 6.20. The third-order valence-corrected chi connectivity index (χ3v) is 3.74. The van der Waals surface area contributed by atoms with Crippen molar-refractivity contribution in [3.8, 4) is 6.07 Å². The van der Waals surface area contributed by atoms with Crippen LogP contribution in [0.5, 0.6) is 0 Å². The third-order valence-electron chi connectivity index (χ3n) is 3.74. The second kappa shape index (κ2) is 10.1. The molecule has 25 heavy (non-hydrogen) atoms. The van der Waals surface area contributed by atoms with E-state index in [2.05, 4.69) is 10.6 Å². The number of primary amides is 1. The number of nitriles is 1. The van der Waals surface area contributed by atoms with Crippen molar-refractivity contribution in [3.05, 3.63) is 35.9 Å². The molecule has 134 valence electrons. The van der Waals surface area contributed by atoms with Gasteiger partial charge >= 0.3 is 0 Å². The number of benzene rings is 1. The molecule has 0 bridgehead atoms. The van der Waals surface area contributed by atoms with Gasteiger partial charge in [0.2, 0.25) is 17.7 Å². The number of hydrogen-bond donors (Lipinski definition) is 3. The Morgan fingerprint density at radius 1 is 1.08 bits per heavy atom. The predicted octanol–water partition coefficient (Wildman–Crippen LogP) is 1.16. The minimum Gasteiger partial charge on any atom is -0.368 e. The topological polar surface area (TPSA) is 125 Å². The van der Waals surface area contributed by atoms with Crippen LogP contribution in [-0.2, 0) is 14.4 Å². The Bertz CT molecular complexity index is 639. The molecule has 7 nitrogen and oxygen atoms in total. The summed E-state index contributed by atoms with van der Waals surface area (Å²) in [5.74, 6) is -1.81. The number of carbonyl (C=O) groups is 3. The number of amides is 3. The van der Waals surface area contributed by atoms with Gasteiger partial charge in [-0.05, 0) is 25.8 Å². The standard InChI is InChI=1S/C18H24N4O3/c1-12(11-19)10-15(18(20)25)22-17(24)9-8-16(23)21-13(2)14-6-4-3-5-7-14/h3-7,12-13,15H,8-10H2,1-2H3,(H2,20,25)(H,21,23)(H,22,24)/t12-,13-,15+/m1/s1. The third kappa shape index (κ3) is 7.48. The van der Waals surface area contributed by atoms with Crippen molar-refractivity contribution in [3.63, 3.8) is 0 Å². The first-order chi connectivity index (χ1) is 11.8. The van der Waals surface area contributed by atoms with Crippen LogP contribution in [0.2, 0.25) is 0 Å². The molecule has 0 aliphatic heterocycles. The zero-order valence-corrected chi connectivity index (χ0v) is 14.5. The van der Waals surface area contributed by atoms with E-state index in [0.717, 1.165) is 5.56 Å². The summed E-state index contributed by atoms with van der Waals surface area (Å²) in [6, 6.07) is 10.4. The lowest BCUT2D eigenvalue weighted by atomic mass is 10.0. The molecule has 0 saturated carbocycles. The Morgan fingerprint density at radius 3 is 2.16 bits per heavy atom. The van der Waals surface area contributed by atoms with E-state index in [1.54, 1.807) is 6.92 Å². The number of hydrogen-bond acceptors (Lipinski definition) is 4. The Kier molecular flexibility index (Phi) is 8.13. The molecule has 0 radical (unpaired) electrons. The highest BCUT2D eigenvalue weighted by atomic mass is 16.2. The molecule has 1 aromatic carbocycles. The van der Waals surface area contributed by atoms with E-state index in [0.29, 0.717) is 0 Å². The van der Waals surface area contributed by atoms with Gasteiger partial charge in [-0.25, -0.2) is 0 Å². The summed E-state index contributed by atoms with van der Waals surface area (Å²) in [5, 5.41) is 14.1. The maximum atomic E-state index is 11.9. The normalized spacial score (nSPS) is 13.8. The highest BCUT2D eigenvalue weighted by Gasteiger charge is 2.21. The van der Waals surface area contributed by atoms with E-state index < -0.39 is 23.8 Å². The molecule has 0 fully saturated rings. The van der Waals surface area contributed by atoms with Crippen molar-refractivity contribution >= 4 is 17.7 Å². The van der Waals surface area contributed by atoms with Crippen LogP contribution < -0.4 is 16.4 Å². The molecule has 0 aliphatic rings. The van der Waals surface area contributed by atoms with E-state index in [-0.39, 0.29) is 31.2 Å². The van der Waals surface area contributed by atoms with E-state index in [4.69, 9.17) is 11.0 Å². The number of nitrogens with one attached hydrogen (secondary N) is 2. The van der Waals surface area contributed by atoms with Gasteiger partial charge in [-0.2, -0.15) is 5.26 Å². The van der Waals surface area contributed by atoms with Gasteiger partial charge in [0, 0.05) is 18.8 Å². The van der Waals surface area contributed by atoms with Crippen molar-refractivity contribution in [2.24, 2.45) is 11.7 Å². The number of rotatable bonds is 9. The van der Waals surface area contributed by atoms with Gasteiger partial charge in [-0.1, -0.05) is 30.3 Å². The van der Waals surface area contributed by atoms with E-state index >= 15 is 0 Å². The van der Waals surface area contributed by atoms with Gasteiger partial charge in [-0.15, -0.1) is 0 Å². The van der Waals surface area contributed by atoms with Crippen LogP contribution in [0.15, 0.2) is 30.3 Å².